The fourth-order valence-electron chi connectivity index (χ4n) is 2.32. The molecule has 0 saturated carbocycles. The van der Waals surface area contributed by atoms with E-state index < -0.39 is 6.03 Å². The number of nitrogens with one attached hydrogen (secondary N) is 2. The minimum Gasteiger partial charge on any atom is -0.378 e. The number of urea groups is 1. The van der Waals surface area contributed by atoms with E-state index in [1.807, 2.05) is 0 Å². The molecule has 1 aromatic heterocycles. The first-order chi connectivity index (χ1) is 12.1. The Hall–Kier alpha value is -2.16. The van der Waals surface area contributed by atoms with Crippen LogP contribution in [-0.2, 0) is 16.0 Å². The average Bonchev–Trinajstić information content (AvgIpc) is 3.04. The lowest BCUT2D eigenvalue weighted by Gasteiger charge is -2.26. The van der Waals surface area contributed by atoms with E-state index in [1.165, 1.54) is 11.3 Å². The van der Waals surface area contributed by atoms with E-state index in [1.54, 1.807) is 34.5 Å². The molecule has 132 valence electrons. The lowest BCUT2D eigenvalue weighted by atomic mass is 10.3. The van der Waals surface area contributed by atoms with Crippen LogP contribution in [0.25, 0.3) is 0 Å². The van der Waals surface area contributed by atoms with Crippen molar-refractivity contribution in [3.63, 3.8) is 0 Å². The Morgan fingerprint density at radius 3 is 2.64 bits per heavy atom. The average molecular weight is 381 g/mol. The van der Waals surface area contributed by atoms with Crippen molar-refractivity contribution >= 4 is 45.7 Å². The van der Waals surface area contributed by atoms with Crippen molar-refractivity contribution in [1.82, 2.24) is 9.88 Å². The summed E-state index contributed by atoms with van der Waals surface area (Å²) in [4.78, 5) is 30.2. The van der Waals surface area contributed by atoms with Crippen LogP contribution in [0.4, 0.5) is 15.6 Å². The molecule has 0 atom stereocenters. The summed E-state index contributed by atoms with van der Waals surface area (Å²) in [5.74, 6) is 0.0192. The van der Waals surface area contributed by atoms with Gasteiger partial charge < -0.3 is 15.0 Å². The Labute approximate surface area is 153 Å². The number of anilines is 2. The Morgan fingerprint density at radius 2 is 1.92 bits per heavy atom. The summed E-state index contributed by atoms with van der Waals surface area (Å²) in [5, 5.41) is 8.16. The number of carbonyl (C=O) groups is 2. The van der Waals surface area contributed by atoms with E-state index in [4.69, 9.17) is 16.3 Å². The molecule has 2 N–H and O–H groups in total. The number of amides is 3. The molecule has 0 unspecified atom stereocenters. The number of hydrogen-bond donors (Lipinski definition) is 2. The van der Waals surface area contributed by atoms with Gasteiger partial charge in [0.25, 0.3) is 0 Å². The van der Waals surface area contributed by atoms with E-state index >= 15 is 0 Å². The number of benzene rings is 1. The van der Waals surface area contributed by atoms with Crippen molar-refractivity contribution in [3.05, 3.63) is 40.4 Å². The number of hydrogen-bond acceptors (Lipinski definition) is 5. The summed E-state index contributed by atoms with van der Waals surface area (Å²) in [6.07, 6.45) is 0.219. The van der Waals surface area contributed by atoms with Crippen molar-refractivity contribution in [2.45, 2.75) is 6.42 Å². The first kappa shape index (κ1) is 17.7. The van der Waals surface area contributed by atoms with Gasteiger partial charge in [-0.3, -0.25) is 10.1 Å². The molecule has 3 rings (SSSR count). The topological polar surface area (TPSA) is 83.6 Å². The number of rotatable bonds is 4. The first-order valence-corrected chi connectivity index (χ1v) is 8.99. The van der Waals surface area contributed by atoms with E-state index in [2.05, 4.69) is 15.6 Å². The van der Waals surface area contributed by atoms with Gasteiger partial charge in [-0.1, -0.05) is 11.6 Å². The number of thiazole rings is 1. The van der Waals surface area contributed by atoms with Crippen molar-refractivity contribution in [3.8, 4) is 0 Å². The van der Waals surface area contributed by atoms with Gasteiger partial charge in [0.15, 0.2) is 5.13 Å². The quantitative estimate of drug-likeness (QED) is 0.854. The maximum absolute atomic E-state index is 12.2. The molecule has 1 aliphatic rings. The van der Waals surface area contributed by atoms with E-state index in [0.29, 0.717) is 47.8 Å². The molecule has 1 fully saturated rings. The van der Waals surface area contributed by atoms with Crippen LogP contribution in [0.2, 0.25) is 5.02 Å². The summed E-state index contributed by atoms with van der Waals surface area (Å²) in [6.45, 7) is 2.36. The highest BCUT2D eigenvalue weighted by Crippen LogP contribution is 2.18. The fraction of sp³-hybridized carbons (Fsp3) is 0.312. The number of nitrogens with zero attached hydrogens (tertiary/aromatic N) is 2. The van der Waals surface area contributed by atoms with Gasteiger partial charge in [0.2, 0.25) is 5.91 Å². The van der Waals surface area contributed by atoms with Crippen molar-refractivity contribution < 1.29 is 14.3 Å². The normalized spacial score (nSPS) is 14.2. The SMILES string of the molecule is O=C(Nc1ccc(Cl)cc1)Nc1nc(CC(=O)N2CCOCC2)cs1. The maximum atomic E-state index is 12.2. The summed E-state index contributed by atoms with van der Waals surface area (Å²) < 4.78 is 5.23. The molecule has 25 heavy (non-hydrogen) atoms. The minimum absolute atomic E-state index is 0.0192. The Kier molecular flexibility index (Phi) is 5.85. The van der Waals surface area contributed by atoms with Gasteiger partial charge in [-0.05, 0) is 24.3 Å². The third-order valence-corrected chi connectivity index (χ3v) is 4.63. The Balaban J connectivity index is 1.51. The van der Waals surface area contributed by atoms with Gasteiger partial charge in [0.1, 0.15) is 0 Å². The van der Waals surface area contributed by atoms with Crippen molar-refractivity contribution in [1.29, 1.82) is 0 Å². The van der Waals surface area contributed by atoms with E-state index in [0.717, 1.165) is 0 Å². The third-order valence-electron chi connectivity index (χ3n) is 3.57. The van der Waals surface area contributed by atoms with Gasteiger partial charge in [0, 0.05) is 29.2 Å². The standard InChI is InChI=1S/C16H17ClN4O3S/c17-11-1-3-12(4-2-11)18-15(23)20-16-19-13(10-25-16)9-14(22)21-5-7-24-8-6-21/h1-4,10H,5-9H2,(H2,18,19,20,23). The number of aromatic nitrogens is 1. The third kappa shape index (κ3) is 5.15. The lowest BCUT2D eigenvalue weighted by Crippen LogP contribution is -2.41. The van der Waals surface area contributed by atoms with Gasteiger partial charge in [-0.15, -0.1) is 11.3 Å². The zero-order chi connectivity index (χ0) is 17.6. The van der Waals surface area contributed by atoms with Crippen LogP contribution < -0.4 is 10.6 Å². The summed E-state index contributed by atoms with van der Waals surface area (Å²) in [7, 11) is 0. The highest BCUT2D eigenvalue weighted by Gasteiger charge is 2.18. The monoisotopic (exact) mass is 380 g/mol. The lowest BCUT2D eigenvalue weighted by molar-refractivity contribution is -0.134. The van der Waals surface area contributed by atoms with Crippen LogP contribution in [0, 0.1) is 0 Å². The molecule has 0 aliphatic carbocycles. The van der Waals surface area contributed by atoms with E-state index in [9.17, 15) is 9.59 Å². The Bertz CT molecular complexity index is 744. The zero-order valence-corrected chi connectivity index (χ0v) is 14.9. The fourth-order valence-corrected chi connectivity index (χ4v) is 3.15. The zero-order valence-electron chi connectivity index (χ0n) is 13.3. The highest BCUT2D eigenvalue weighted by molar-refractivity contribution is 7.14. The van der Waals surface area contributed by atoms with Gasteiger partial charge in [-0.25, -0.2) is 9.78 Å². The Morgan fingerprint density at radius 1 is 1.20 bits per heavy atom. The summed E-state index contributed by atoms with van der Waals surface area (Å²) in [5.41, 5.74) is 1.27. The molecule has 0 radical (unpaired) electrons. The number of morpholine rings is 1. The van der Waals surface area contributed by atoms with Crippen LogP contribution >= 0.6 is 22.9 Å². The number of carbonyl (C=O) groups excluding carboxylic acids is 2. The van der Waals surface area contributed by atoms with Crippen LogP contribution in [0.3, 0.4) is 0 Å². The molecule has 1 saturated heterocycles. The summed E-state index contributed by atoms with van der Waals surface area (Å²) in [6, 6.07) is 6.39. The molecule has 0 bridgehead atoms. The molecule has 1 aliphatic heterocycles. The predicted molar refractivity (Wildman–Crippen MR) is 97.3 cm³/mol. The molecule has 1 aromatic carbocycles. The predicted octanol–water partition coefficient (Wildman–Crippen LogP) is 2.84. The molecule has 3 amide bonds. The second-order valence-corrected chi connectivity index (χ2v) is 6.69. The summed E-state index contributed by atoms with van der Waals surface area (Å²) >= 11 is 7.08. The van der Waals surface area contributed by atoms with Crippen LogP contribution in [-0.4, -0.2) is 48.1 Å². The largest absolute Gasteiger partial charge is 0.378 e. The van der Waals surface area contributed by atoms with Crippen molar-refractivity contribution in [2.24, 2.45) is 0 Å². The van der Waals surface area contributed by atoms with Crippen molar-refractivity contribution in [2.75, 3.05) is 36.9 Å². The first-order valence-electron chi connectivity index (χ1n) is 7.73. The van der Waals surface area contributed by atoms with Crippen LogP contribution in [0.15, 0.2) is 29.6 Å². The van der Waals surface area contributed by atoms with Crippen LogP contribution in [0.5, 0.6) is 0 Å². The smallest absolute Gasteiger partial charge is 0.325 e. The molecule has 7 nitrogen and oxygen atoms in total. The van der Waals surface area contributed by atoms with E-state index in [-0.39, 0.29) is 12.3 Å². The molecule has 2 heterocycles. The molecular weight excluding hydrogens is 364 g/mol. The number of ether oxygens (including phenoxy) is 1. The number of halogens is 1. The second kappa shape index (κ2) is 8.28. The van der Waals surface area contributed by atoms with Gasteiger partial charge >= 0.3 is 6.03 Å². The highest BCUT2D eigenvalue weighted by atomic mass is 35.5. The molecule has 2 aromatic rings. The minimum atomic E-state index is -0.400. The molecule has 9 heteroatoms. The van der Waals surface area contributed by atoms with Gasteiger partial charge in [0.05, 0.1) is 25.3 Å². The van der Waals surface area contributed by atoms with Gasteiger partial charge in [-0.2, -0.15) is 0 Å². The second-order valence-electron chi connectivity index (χ2n) is 5.40. The maximum Gasteiger partial charge on any atom is 0.325 e. The molecular formula is C16H17ClN4O3S. The molecule has 0 spiro atoms. The van der Waals surface area contributed by atoms with Crippen LogP contribution in [0.1, 0.15) is 5.69 Å².